The second kappa shape index (κ2) is 6.91. The van der Waals surface area contributed by atoms with E-state index in [0.29, 0.717) is 15.2 Å². The highest BCUT2D eigenvalue weighted by Crippen LogP contribution is 2.33. The van der Waals surface area contributed by atoms with Gasteiger partial charge in [-0.05, 0) is 37.1 Å². The van der Waals surface area contributed by atoms with E-state index in [1.807, 2.05) is 31.4 Å². The highest BCUT2D eigenvalue weighted by Gasteiger charge is 2.16. The van der Waals surface area contributed by atoms with E-state index in [1.165, 1.54) is 33.9 Å². The second-order valence-electron chi connectivity index (χ2n) is 6.53. The molecule has 0 atom stereocenters. The van der Waals surface area contributed by atoms with Gasteiger partial charge in [0.1, 0.15) is 10.6 Å². The summed E-state index contributed by atoms with van der Waals surface area (Å²) in [6.07, 6.45) is 1.45. The van der Waals surface area contributed by atoms with Crippen LogP contribution in [0.5, 0.6) is 0 Å². The van der Waals surface area contributed by atoms with Crippen LogP contribution < -0.4 is 5.56 Å². The smallest absolute Gasteiger partial charge is 0.263 e. The molecule has 0 unspecified atom stereocenters. The molecule has 6 heteroatoms. The minimum atomic E-state index is -0.436. The average Bonchev–Trinajstić information content (AvgIpc) is 3.05. The maximum absolute atomic E-state index is 14.1. The van der Waals surface area contributed by atoms with Gasteiger partial charge in [0.2, 0.25) is 0 Å². The van der Waals surface area contributed by atoms with Crippen LogP contribution in [0.15, 0.2) is 52.9 Å². The van der Waals surface area contributed by atoms with Crippen LogP contribution >= 0.6 is 22.9 Å². The molecule has 2 aromatic heterocycles. The summed E-state index contributed by atoms with van der Waals surface area (Å²) in [5.41, 5.74) is 4.22. The number of benzene rings is 2. The van der Waals surface area contributed by atoms with Crippen molar-refractivity contribution in [2.24, 2.45) is 0 Å². The normalized spacial score (nSPS) is 11.3. The molecule has 0 radical (unpaired) electrons. The summed E-state index contributed by atoms with van der Waals surface area (Å²) >= 11 is 7.55. The van der Waals surface area contributed by atoms with Crippen LogP contribution in [0.2, 0.25) is 5.02 Å². The molecule has 27 heavy (non-hydrogen) atoms. The van der Waals surface area contributed by atoms with Crippen molar-refractivity contribution in [2.45, 2.75) is 20.4 Å². The summed E-state index contributed by atoms with van der Waals surface area (Å²) in [4.78, 5) is 18.2. The topological polar surface area (TPSA) is 34.9 Å². The summed E-state index contributed by atoms with van der Waals surface area (Å²) in [6, 6.07) is 10.6. The van der Waals surface area contributed by atoms with Crippen molar-refractivity contribution in [3.8, 4) is 11.1 Å². The van der Waals surface area contributed by atoms with Gasteiger partial charge in [0.15, 0.2) is 0 Å². The van der Waals surface area contributed by atoms with E-state index in [0.717, 1.165) is 16.7 Å². The van der Waals surface area contributed by atoms with Crippen molar-refractivity contribution in [3.05, 3.63) is 86.0 Å². The molecule has 0 N–H and O–H groups in total. The summed E-state index contributed by atoms with van der Waals surface area (Å²) in [6.45, 7) is 4.10. The number of nitrogens with zero attached hydrogens (tertiary/aromatic N) is 2. The zero-order valence-electron chi connectivity index (χ0n) is 14.8. The third kappa shape index (κ3) is 3.17. The molecule has 0 saturated carbocycles. The molecule has 0 bridgehead atoms. The maximum Gasteiger partial charge on any atom is 0.263 e. The molecular formula is C21H16ClFN2OS. The predicted molar refractivity (Wildman–Crippen MR) is 109 cm³/mol. The Bertz CT molecular complexity index is 1210. The summed E-state index contributed by atoms with van der Waals surface area (Å²) < 4.78 is 15.5. The summed E-state index contributed by atoms with van der Waals surface area (Å²) in [7, 11) is 0. The number of rotatable bonds is 3. The Hall–Kier alpha value is -2.50. The number of aryl methyl sites for hydroxylation is 2. The van der Waals surface area contributed by atoms with Crippen molar-refractivity contribution in [2.75, 3.05) is 0 Å². The van der Waals surface area contributed by atoms with Crippen molar-refractivity contribution in [1.82, 2.24) is 9.55 Å². The molecule has 0 aliphatic rings. The molecule has 0 amide bonds. The van der Waals surface area contributed by atoms with Gasteiger partial charge in [0.05, 0.1) is 18.3 Å². The number of thiophene rings is 1. The molecule has 3 nitrogen and oxygen atoms in total. The first-order chi connectivity index (χ1) is 13.0. The van der Waals surface area contributed by atoms with E-state index in [1.54, 1.807) is 12.1 Å². The Morgan fingerprint density at radius 2 is 2.00 bits per heavy atom. The zero-order valence-corrected chi connectivity index (χ0v) is 16.4. The van der Waals surface area contributed by atoms with Gasteiger partial charge in [-0.3, -0.25) is 9.36 Å². The fraction of sp³-hybridized carbons (Fsp3) is 0.143. The van der Waals surface area contributed by atoms with Gasteiger partial charge in [-0.1, -0.05) is 41.4 Å². The third-order valence-corrected chi connectivity index (χ3v) is 5.86. The van der Waals surface area contributed by atoms with Crippen LogP contribution in [0, 0.1) is 19.7 Å². The fourth-order valence-electron chi connectivity index (χ4n) is 3.25. The lowest BCUT2D eigenvalue weighted by Gasteiger charge is -2.10. The Morgan fingerprint density at radius 3 is 2.74 bits per heavy atom. The first-order valence-corrected chi connectivity index (χ1v) is 9.68. The van der Waals surface area contributed by atoms with Crippen molar-refractivity contribution >= 4 is 33.2 Å². The van der Waals surface area contributed by atoms with E-state index in [9.17, 15) is 9.18 Å². The molecule has 4 rings (SSSR count). The van der Waals surface area contributed by atoms with Crippen molar-refractivity contribution in [1.29, 1.82) is 0 Å². The van der Waals surface area contributed by atoms with Crippen LogP contribution in [0.25, 0.3) is 21.3 Å². The van der Waals surface area contributed by atoms with Gasteiger partial charge >= 0.3 is 0 Å². The maximum atomic E-state index is 14.1. The van der Waals surface area contributed by atoms with Crippen LogP contribution in [-0.4, -0.2) is 9.55 Å². The average molecular weight is 399 g/mol. The van der Waals surface area contributed by atoms with E-state index < -0.39 is 5.82 Å². The van der Waals surface area contributed by atoms with E-state index in [2.05, 4.69) is 11.1 Å². The standard InChI is InChI=1S/C21H16ClFN2OS/c1-12-6-7-14(13(2)8-12)16-10-27-20-19(16)21(26)25(11-24-20)9-15-17(22)4-3-5-18(15)23/h3-8,10-11H,9H2,1-2H3. The molecule has 136 valence electrons. The van der Waals surface area contributed by atoms with Gasteiger partial charge < -0.3 is 0 Å². The van der Waals surface area contributed by atoms with Gasteiger partial charge in [-0.25, -0.2) is 9.37 Å². The lowest BCUT2D eigenvalue weighted by Crippen LogP contribution is -2.21. The van der Waals surface area contributed by atoms with Crippen LogP contribution in [0.3, 0.4) is 0 Å². The Balaban J connectivity index is 1.88. The SMILES string of the molecule is Cc1ccc(-c2csc3ncn(Cc4c(F)cccc4Cl)c(=O)c23)c(C)c1. The third-order valence-electron chi connectivity index (χ3n) is 4.62. The van der Waals surface area contributed by atoms with Crippen molar-refractivity contribution in [3.63, 3.8) is 0 Å². The fourth-order valence-corrected chi connectivity index (χ4v) is 4.37. The molecule has 0 saturated heterocycles. The minimum Gasteiger partial charge on any atom is -0.294 e. The molecule has 4 aromatic rings. The summed E-state index contributed by atoms with van der Waals surface area (Å²) in [5.74, 6) is -0.436. The second-order valence-corrected chi connectivity index (χ2v) is 7.79. The van der Waals surface area contributed by atoms with Crippen molar-refractivity contribution < 1.29 is 4.39 Å². The van der Waals surface area contributed by atoms with Gasteiger partial charge in [0.25, 0.3) is 5.56 Å². The Kier molecular flexibility index (Phi) is 4.58. The van der Waals surface area contributed by atoms with Crippen LogP contribution in [0.4, 0.5) is 4.39 Å². The molecule has 0 spiro atoms. The van der Waals surface area contributed by atoms with E-state index in [-0.39, 0.29) is 17.7 Å². The van der Waals surface area contributed by atoms with Crippen LogP contribution in [0.1, 0.15) is 16.7 Å². The number of hydrogen-bond donors (Lipinski definition) is 0. The predicted octanol–water partition coefficient (Wildman–Crippen LogP) is 5.58. The largest absolute Gasteiger partial charge is 0.294 e. The summed E-state index contributed by atoms with van der Waals surface area (Å²) in [5, 5.41) is 2.81. The number of halogens is 2. The highest BCUT2D eigenvalue weighted by molar-refractivity contribution is 7.17. The first kappa shape index (κ1) is 17.9. The van der Waals surface area contributed by atoms with Gasteiger partial charge in [0, 0.05) is 21.5 Å². The Morgan fingerprint density at radius 1 is 1.19 bits per heavy atom. The van der Waals surface area contributed by atoms with E-state index in [4.69, 9.17) is 11.6 Å². The molecule has 2 heterocycles. The molecular weight excluding hydrogens is 383 g/mol. The molecule has 0 aliphatic carbocycles. The number of aromatic nitrogens is 2. The first-order valence-electron chi connectivity index (χ1n) is 8.43. The van der Waals surface area contributed by atoms with Crippen LogP contribution in [-0.2, 0) is 6.54 Å². The zero-order chi connectivity index (χ0) is 19.1. The lowest BCUT2D eigenvalue weighted by molar-refractivity contribution is 0.595. The lowest BCUT2D eigenvalue weighted by atomic mass is 9.99. The highest BCUT2D eigenvalue weighted by atomic mass is 35.5. The monoisotopic (exact) mass is 398 g/mol. The van der Waals surface area contributed by atoms with E-state index >= 15 is 0 Å². The van der Waals surface area contributed by atoms with Gasteiger partial charge in [-0.2, -0.15) is 0 Å². The molecule has 2 aromatic carbocycles. The molecule has 0 aliphatic heterocycles. The number of fused-ring (bicyclic) bond motifs is 1. The van der Waals surface area contributed by atoms with Gasteiger partial charge in [-0.15, -0.1) is 11.3 Å². The molecule has 0 fully saturated rings. The quantitative estimate of drug-likeness (QED) is 0.451. The Labute approximate surface area is 164 Å². The number of hydrogen-bond acceptors (Lipinski definition) is 3. The minimum absolute atomic E-state index is 0.0371.